The molecule has 1 aromatic heterocycles. The summed E-state index contributed by atoms with van der Waals surface area (Å²) in [6.07, 6.45) is 4.95. The monoisotopic (exact) mass is 589 g/mol. The summed E-state index contributed by atoms with van der Waals surface area (Å²) in [5, 5.41) is 5.85. The molecule has 2 heterocycles. The summed E-state index contributed by atoms with van der Waals surface area (Å²) in [5.74, 6) is -0.946. The molecule has 3 aromatic rings. The Morgan fingerprint density at radius 1 is 1.05 bits per heavy atom. The number of hydrogen-bond donors (Lipinski definition) is 3. The van der Waals surface area contributed by atoms with E-state index in [1.165, 1.54) is 4.57 Å². The maximum absolute atomic E-state index is 13.9. The first-order valence-electron chi connectivity index (χ1n) is 14.8. The zero-order chi connectivity index (χ0) is 30.7. The third kappa shape index (κ3) is 6.72. The van der Waals surface area contributed by atoms with Gasteiger partial charge in [0.2, 0.25) is 17.6 Å². The molecule has 4 atom stereocenters. The van der Waals surface area contributed by atoms with E-state index in [0.29, 0.717) is 35.7 Å². The number of primary amides is 1. The molecule has 1 aliphatic carbocycles. The lowest BCUT2D eigenvalue weighted by molar-refractivity contribution is -0.133. The van der Waals surface area contributed by atoms with E-state index in [-0.39, 0.29) is 18.0 Å². The van der Waals surface area contributed by atoms with Gasteiger partial charge in [0.25, 0.3) is 5.91 Å². The number of carbonyl (C=O) groups excluding carboxylic acids is 4. The van der Waals surface area contributed by atoms with Crippen LogP contribution >= 0.6 is 0 Å². The minimum atomic E-state index is -1.01. The molecule has 4 N–H and O–H groups in total. The van der Waals surface area contributed by atoms with E-state index in [1.54, 1.807) is 57.4 Å². The molecule has 2 fully saturated rings. The fourth-order valence-corrected chi connectivity index (χ4v) is 5.93. The molecule has 0 unspecified atom stereocenters. The molecule has 1 saturated carbocycles. The quantitative estimate of drug-likeness (QED) is 0.259. The summed E-state index contributed by atoms with van der Waals surface area (Å²) >= 11 is 0. The van der Waals surface area contributed by atoms with Crippen LogP contribution in [-0.2, 0) is 25.5 Å². The van der Waals surface area contributed by atoms with Gasteiger partial charge in [-0.1, -0.05) is 49.9 Å². The van der Waals surface area contributed by atoms with Gasteiger partial charge in [-0.2, -0.15) is 0 Å². The average molecular weight is 590 g/mol. The van der Waals surface area contributed by atoms with Crippen LogP contribution in [0, 0.1) is 5.92 Å². The molecule has 3 amide bonds. The first-order chi connectivity index (χ1) is 20.6. The minimum Gasteiger partial charge on any atom is -0.497 e. The highest BCUT2D eigenvalue weighted by molar-refractivity contribution is 5.99. The van der Waals surface area contributed by atoms with Crippen molar-refractivity contribution in [2.75, 3.05) is 13.7 Å². The van der Waals surface area contributed by atoms with Gasteiger partial charge < -0.3 is 30.4 Å². The summed E-state index contributed by atoms with van der Waals surface area (Å²) < 4.78 is 12.2. The third-order valence-electron chi connectivity index (χ3n) is 8.59. The van der Waals surface area contributed by atoms with Crippen LogP contribution in [0.25, 0.3) is 11.0 Å². The number of aromatic nitrogens is 2. The van der Waals surface area contributed by atoms with Crippen LogP contribution in [0.2, 0.25) is 0 Å². The zero-order valence-corrected chi connectivity index (χ0v) is 24.8. The average Bonchev–Trinajstić information content (AvgIpc) is 3.37. The van der Waals surface area contributed by atoms with Crippen molar-refractivity contribution in [2.45, 2.75) is 76.1 Å². The van der Waals surface area contributed by atoms with E-state index in [0.717, 1.165) is 31.2 Å². The lowest BCUT2D eigenvalue weighted by atomic mass is 9.90. The molecule has 0 bridgehead atoms. The normalized spacial score (nSPS) is 20.3. The fourth-order valence-electron chi connectivity index (χ4n) is 5.93. The number of carbonyl (C=O) groups is 4. The van der Waals surface area contributed by atoms with Gasteiger partial charge in [-0.05, 0) is 56.0 Å². The number of nitrogens with zero attached hydrogens (tertiary/aromatic N) is 2. The molecule has 43 heavy (non-hydrogen) atoms. The Bertz CT molecular complexity index is 1510. The van der Waals surface area contributed by atoms with Crippen molar-refractivity contribution in [1.82, 2.24) is 20.2 Å². The molecule has 1 aliphatic heterocycles. The van der Waals surface area contributed by atoms with Gasteiger partial charge >= 0.3 is 0 Å². The molecule has 5 rings (SSSR count). The highest BCUT2D eigenvalue weighted by Gasteiger charge is 2.50. The highest BCUT2D eigenvalue weighted by Crippen LogP contribution is 2.33. The number of amides is 3. The Hall–Kier alpha value is -4.25. The fraction of sp³-hybridized carbons (Fsp3) is 0.469. The third-order valence-corrected chi connectivity index (χ3v) is 8.59. The topological polar surface area (TPSA) is 158 Å². The van der Waals surface area contributed by atoms with E-state index in [1.807, 2.05) is 12.1 Å². The number of hydrogen-bond acceptors (Lipinski definition) is 7. The molecule has 11 heteroatoms. The largest absolute Gasteiger partial charge is 0.497 e. The second-order valence-corrected chi connectivity index (χ2v) is 11.8. The van der Waals surface area contributed by atoms with Crippen molar-refractivity contribution in [1.29, 1.82) is 0 Å². The number of benzene rings is 2. The van der Waals surface area contributed by atoms with Gasteiger partial charge in [0.15, 0.2) is 5.78 Å². The predicted molar refractivity (Wildman–Crippen MR) is 159 cm³/mol. The van der Waals surface area contributed by atoms with Crippen molar-refractivity contribution in [3.63, 3.8) is 0 Å². The van der Waals surface area contributed by atoms with E-state index >= 15 is 0 Å². The Balaban J connectivity index is 1.41. The first kappa shape index (κ1) is 30.2. The number of imidazole rings is 1. The number of rotatable bonds is 13. The molecule has 11 nitrogen and oxygen atoms in total. The van der Waals surface area contributed by atoms with Crippen molar-refractivity contribution in [3.05, 3.63) is 59.9 Å². The van der Waals surface area contributed by atoms with E-state index < -0.39 is 41.4 Å². The maximum atomic E-state index is 13.9. The van der Waals surface area contributed by atoms with Gasteiger partial charge in [0, 0.05) is 6.42 Å². The summed E-state index contributed by atoms with van der Waals surface area (Å²) in [5.41, 5.74) is 6.59. The van der Waals surface area contributed by atoms with Crippen LogP contribution in [0.4, 0.5) is 0 Å². The van der Waals surface area contributed by atoms with Gasteiger partial charge in [-0.15, -0.1) is 0 Å². The standard InChI is InChI=1S/C32H39N5O6/c1-19(37-26-11-7-6-10-23(26)34-29(37)28(33)39)30(40)36-25(17-21-12-14-22(42-3)15-13-21)31(41)35-24(16-20-8-4-5-9-20)27(38)32(2)18-43-32/h6-7,10-15,19-20,24-25H,4-5,8-9,16-18H2,1-3H3,(H2,33,39)(H,35,41)(H,36,40)/t19-,24+,25+,32-/m1/s1. The van der Waals surface area contributed by atoms with E-state index in [4.69, 9.17) is 15.2 Å². The van der Waals surface area contributed by atoms with Crippen molar-refractivity contribution in [2.24, 2.45) is 11.7 Å². The van der Waals surface area contributed by atoms with Gasteiger partial charge in [-0.25, -0.2) is 4.98 Å². The molecular weight excluding hydrogens is 550 g/mol. The Labute approximate surface area is 250 Å². The number of ketones is 1. The Morgan fingerprint density at radius 3 is 2.33 bits per heavy atom. The Morgan fingerprint density at radius 2 is 1.70 bits per heavy atom. The molecular formula is C32H39N5O6. The van der Waals surface area contributed by atoms with E-state index in [9.17, 15) is 19.2 Å². The summed E-state index contributed by atoms with van der Waals surface area (Å²) in [6, 6.07) is 11.6. The lowest BCUT2D eigenvalue weighted by Crippen LogP contribution is -2.55. The SMILES string of the molecule is COc1ccc(C[C@H](NC(=O)[C@@H](C)n2c(C(N)=O)nc3ccccc32)C(=O)N[C@@H](CC2CCCC2)C(=O)[C@@]2(C)CO2)cc1. The molecule has 0 radical (unpaired) electrons. The molecule has 228 valence electrons. The minimum absolute atomic E-state index is 0.0556. The second kappa shape index (κ2) is 12.5. The Kier molecular flexibility index (Phi) is 8.82. The summed E-state index contributed by atoms with van der Waals surface area (Å²) in [7, 11) is 1.57. The van der Waals surface area contributed by atoms with Crippen LogP contribution < -0.4 is 21.1 Å². The number of nitrogens with two attached hydrogens (primary N) is 1. The second-order valence-electron chi connectivity index (χ2n) is 11.8. The predicted octanol–water partition coefficient (Wildman–Crippen LogP) is 2.86. The number of nitrogens with one attached hydrogen (secondary N) is 2. The number of ether oxygens (including phenoxy) is 2. The molecule has 2 aliphatic rings. The summed E-state index contributed by atoms with van der Waals surface area (Å²) in [4.78, 5) is 57.6. The summed E-state index contributed by atoms with van der Waals surface area (Å²) in [6.45, 7) is 3.69. The lowest BCUT2D eigenvalue weighted by Gasteiger charge is -2.27. The number of fused-ring (bicyclic) bond motifs is 1. The molecule has 1 saturated heterocycles. The van der Waals surface area contributed by atoms with Gasteiger partial charge in [0.05, 0.1) is 30.8 Å². The zero-order valence-electron chi connectivity index (χ0n) is 24.8. The molecule has 2 aromatic carbocycles. The highest BCUT2D eigenvalue weighted by atomic mass is 16.6. The van der Waals surface area contributed by atoms with Crippen LogP contribution in [0.3, 0.4) is 0 Å². The van der Waals surface area contributed by atoms with Crippen LogP contribution in [-0.4, -0.2) is 64.5 Å². The number of epoxide rings is 1. The van der Waals surface area contributed by atoms with Crippen LogP contribution in [0.1, 0.15) is 68.2 Å². The molecule has 0 spiro atoms. The number of Topliss-reactive ketones (excluding diaryl/α,β-unsaturated/α-hetero) is 1. The number of methoxy groups -OCH3 is 1. The van der Waals surface area contributed by atoms with E-state index in [2.05, 4.69) is 15.6 Å². The van der Waals surface area contributed by atoms with Crippen molar-refractivity contribution >= 4 is 34.5 Å². The van der Waals surface area contributed by atoms with Gasteiger partial charge in [0.1, 0.15) is 23.4 Å². The van der Waals surface area contributed by atoms with Crippen molar-refractivity contribution < 1.29 is 28.7 Å². The van der Waals surface area contributed by atoms with Crippen LogP contribution in [0.15, 0.2) is 48.5 Å². The van der Waals surface area contributed by atoms with Gasteiger partial charge in [-0.3, -0.25) is 19.2 Å². The van der Waals surface area contributed by atoms with Crippen molar-refractivity contribution in [3.8, 4) is 5.75 Å². The van der Waals surface area contributed by atoms with Crippen LogP contribution in [0.5, 0.6) is 5.75 Å². The first-order valence-corrected chi connectivity index (χ1v) is 14.8. The number of para-hydroxylation sites is 2. The maximum Gasteiger partial charge on any atom is 0.284 e. The smallest absolute Gasteiger partial charge is 0.284 e.